The van der Waals surface area contributed by atoms with Crippen molar-refractivity contribution in [3.63, 3.8) is 0 Å². The first-order chi connectivity index (χ1) is 9.81. The van der Waals surface area contributed by atoms with E-state index in [4.69, 9.17) is 14.7 Å². The van der Waals surface area contributed by atoms with Crippen molar-refractivity contribution in [2.24, 2.45) is 0 Å². The Morgan fingerprint density at radius 1 is 1.00 bits per heavy atom. The Morgan fingerprint density at radius 2 is 1.70 bits per heavy atom. The maximum Gasteiger partial charge on any atom is 0.122 e. The van der Waals surface area contributed by atoms with Crippen molar-refractivity contribution in [2.45, 2.75) is 4.90 Å². The summed E-state index contributed by atoms with van der Waals surface area (Å²) >= 11 is 1.70. The van der Waals surface area contributed by atoms with Gasteiger partial charge in [-0.3, -0.25) is 0 Å². The quantitative estimate of drug-likeness (QED) is 0.599. The molecule has 0 spiro atoms. The van der Waals surface area contributed by atoms with E-state index >= 15 is 0 Å². The average Bonchev–Trinajstić information content (AvgIpc) is 2.52. The van der Waals surface area contributed by atoms with Gasteiger partial charge in [-0.15, -0.1) is 11.8 Å². The van der Waals surface area contributed by atoms with E-state index in [1.54, 1.807) is 30.0 Å². The summed E-state index contributed by atoms with van der Waals surface area (Å²) in [5.74, 6) is 1.52. The molecule has 0 aliphatic rings. The summed E-state index contributed by atoms with van der Waals surface area (Å²) in [6.07, 6.45) is 2.04. The molecule has 102 valence electrons. The normalized spacial score (nSPS) is 9.80. The standard InChI is InChI=1S/C16H15NO2S/c1-20-16-7-5-14(6-8-16)18-9-10-19-15-4-2-3-13(11-15)12-17/h2-8,11H,9-10H2,1H3. The van der Waals surface area contributed by atoms with Crippen LogP contribution in [-0.2, 0) is 0 Å². The van der Waals surface area contributed by atoms with Crippen LogP contribution in [-0.4, -0.2) is 19.5 Å². The third-order valence-electron chi connectivity index (χ3n) is 2.64. The number of hydrogen-bond donors (Lipinski definition) is 0. The average molecular weight is 285 g/mol. The molecule has 0 amide bonds. The number of benzene rings is 2. The van der Waals surface area contributed by atoms with E-state index in [2.05, 4.69) is 6.07 Å². The Morgan fingerprint density at radius 3 is 2.35 bits per heavy atom. The summed E-state index contributed by atoms with van der Waals surface area (Å²) in [7, 11) is 0. The van der Waals surface area contributed by atoms with Crippen molar-refractivity contribution in [3.8, 4) is 17.6 Å². The number of thioether (sulfide) groups is 1. The molecule has 0 aromatic heterocycles. The van der Waals surface area contributed by atoms with Crippen molar-refractivity contribution < 1.29 is 9.47 Å². The Kier molecular flexibility index (Phi) is 5.33. The van der Waals surface area contributed by atoms with Crippen LogP contribution in [0.5, 0.6) is 11.5 Å². The molecule has 0 radical (unpaired) electrons. The summed E-state index contributed by atoms with van der Waals surface area (Å²) in [6.45, 7) is 0.911. The molecule has 0 N–H and O–H groups in total. The van der Waals surface area contributed by atoms with Crippen LogP contribution in [0.4, 0.5) is 0 Å². The van der Waals surface area contributed by atoms with Gasteiger partial charge in [0.05, 0.1) is 11.6 Å². The minimum Gasteiger partial charge on any atom is -0.490 e. The molecule has 0 bridgehead atoms. The summed E-state index contributed by atoms with van der Waals surface area (Å²) in [6, 6.07) is 17.1. The van der Waals surface area contributed by atoms with Crippen LogP contribution in [0.15, 0.2) is 53.4 Å². The third kappa shape index (κ3) is 4.22. The van der Waals surface area contributed by atoms with E-state index in [0.29, 0.717) is 24.5 Å². The van der Waals surface area contributed by atoms with Gasteiger partial charge in [0.1, 0.15) is 24.7 Å². The lowest BCUT2D eigenvalue weighted by atomic mass is 10.2. The largest absolute Gasteiger partial charge is 0.490 e. The van der Waals surface area contributed by atoms with Gasteiger partial charge in [-0.25, -0.2) is 0 Å². The maximum absolute atomic E-state index is 8.79. The van der Waals surface area contributed by atoms with Crippen LogP contribution in [0.2, 0.25) is 0 Å². The lowest BCUT2D eigenvalue weighted by Crippen LogP contribution is -2.08. The fourth-order valence-electron chi connectivity index (χ4n) is 1.65. The van der Waals surface area contributed by atoms with Gasteiger partial charge in [0.2, 0.25) is 0 Å². The first-order valence-electron chi connectivity index (χ1n) is 6.21. The minimum absolute atomic E-state index is 0.444. The van der Waals surface area contributed by atoms with Gasteiger partial charge in [0, 0.05) is 4.90 Å². The van der Waals surface area contributed by atoms with Crippen LogP contribution < -0.4 is 9.47 Å². The van der Waals surface area contributed by atoms with E-state index in [-0.39, 0.29) is 0 Å². The number of ether oxygens (including phenoxy) is 2. The third-order valence-corrected chi connectivity index (χ3v) is 3.39. The summed E-state index contributed by atoms with van der Waals surface area (Å²) in [5, 5.41) is 8.79. The van der Waals surface area contributed by atoms with Crippen molar-refractivity contribution in [1.29, 1.82) is 5.26 Å². The van der Waals surface area contributed by atoms with Crippen LogP contribution >= 0.6 is 11.8 Å². The summed E-state index contributed by atoms with van der Waals surface area (Å²) in [5.41, 5.74) is 0.594. The van der Waals surface area contributed by atoms with E-state index in [1.807, 2.05) is 36.6 Å². The van der Waals surface area contributed by atoms with Gasteiger partial charge < -0.3 is 9.47 Å². The Balaban J connectivity index is 1.77. The predicted octanol–water partition coefficient (Wildman–Crippen LogP) is 3.74. The predicted molar refractivity (Wildman–Crippen MR) is 80.4 cm³/mol. The molecule has 2 aromatic carbocycles. The zero-order valence-corrected chi connectivity index (χ0v) is 12.0. The molecule has 0 fully saturated rings. The molecule has 0 aliphatic carbocycles. The number of nitrogens with zero attached hydrogens (tertiary/aromatic N) is 1. The molecular weight excluding hydrogens is 270 g/mol. The van der Waals surface area contributed by atoms with Crippen LogP contribution in [0.1, 0.15) is 5.56 Å². The zero-order chi connectivity index (χ0) is 14.2. The Bertz CT molecular complexity index is 590. The maximum atomic E-state index is 8.79. The van der Waals surface area contributed by atoms with Gasteiger partial charge in [-0.1, -0.05) is 6.07 Å². The highest BCUT2D eigenvalue weighted by Crippen LogP contribution is 2.19. The fraction of sp³-hybridized carbons (Fsp3) is 0.188. The lowest BCUT2D eigenvalue weighted by molar-refractivity contribution is 0.217. The minimum atomic E-state index is 0.444. The Hall–Kier alpha value is -2.12. The van der Waals surface area contributed by atoms with Crippen molar-refractivity contribution in [3.05, 3.63) is 54.1 Å². The fourth-order valence-corrected chi connectivity index (χ4v) is 2.05. The number of rotatable bonds is 6. The topological polar surface area (TPSA) is 42.2 Å². The van der Waals surface area contributed by atoms with Crippen molar-refractivity contribution in [2.75, 3.05) is 19.5 Å². The van der Waals surface area contributed by atoms with Gasteiger partial charge in [-0.05, 0) is 48.7 Å². The SMILES string of the molecule is CSc1ccc(OCCOc2cccc(C#N)c2)cc1. The molecule has 20 heavy (non-hydrogen) atoms. The van der Waals surface area contributed by atoms with Gasteiger partial charge in [0.15, 0.2) is 0 Å². The lowest BCUT2D eigenvalue weighted by Gasteiger charge is -2.08. The van der Waals surface area contributed by atoms with Crippen LogP contribution in [0.25, 0.3) is 0 Å². The zero-order valence-electron chi connectivity index (χ0n) is 11.2. The second-order valence-electron chi connectivity index (χ2n) is 4.01. The van der Waals surface area contributed by atoms with Gasteiger partial charge >= 0.3 is 0 Å². The molecule has 2 rings (SSSR count). The molecule has 4 heteroatoms. The van der Waals surface area contributed by atoms with Gasteiger partial charge in [-0.2, -0.15) is 5.26 Å². The first kappa shape index (κ1) is 14.3. The Labute approximate surface area is 123 Å². The molecule has 0 heterocycles. The summed E-state index contributed by atoms with van der Waals surface area (Å²) < 4.78 is 11.1. The second-order valence-corrected chi connectivity index (χ2v) is 4.89. The molecule has 0 saturated heterocycles. The number of hydrogen-bond acceptors (Lipinski definition) is 4. The molecule has 2 aromatic rings. The molecule has 0 unspecified atom stereocenters. The molecule has 0 saturated carbocycles. The monoisotopic (exact) mass is 285 g/mol. The first-order valence-corrected chi connectivity index (χ1v) is 7.44. The van der Waals surface area contributed by atoms with Crippen molar-refractivity contribution >= 4 is 11.8 Å². The molecule has 0 aliphatic heterocycles. The van der Waals surface area contributed by atoms with E-state index in [0.717, 1.165) is 5.75 Å². The van der Waals surface area contributed by atoms with Crippen LogP contribution in [0.3, 0.4) is 0 Å². The highest BCUT2D eigenvalue weighted by molar-refractivity contribution is 7.98. The molecular formula is C16H15NO2S. The van der Waals surface area contributed by atoms with Gasteiger partial charge in [0.25, 0.3) is 0 Å². The van der Waals surface area contributed by atoms with Crippen LogP contribution in [0, 0.1) is 11.3 Å². The molecule has 3 nitrogen and oxygen atoms in total. The number of nitriles is 1. The van der Waals surface area contributed by atoms with E-state index in [9.17, 15) is 0 Å². The highest BCUT2D eigenvalue weighted by atomic mass is 32.2. The second kappa shape index (κ2) is 7.46. The van der Waals surface area contributed by atoms with E-state index in [1.165, 1.54) is 4.90 Å². The molecule has 0 atom stereocenters. The van der Waals surface area contributed by atoms with Crippen molar-refractivity contribution in [1.82, 2.24) is 0 Å². The smallest absolute Gasteiger partial charge is 0.122 e. The van der Waals surface area contributed by atoms with E-state index < -0.39 is 0 Å². The highest BCUT2D eigenvalue weighted by Gasteiger charge is 1.98. The summed E-state index contributed by atoms with van der Waals surface area (Å²) in [4.78, 5) is 1.21.